The predicted octanol–water partition coefficient (Wildman–Crippen LogP) is 3.64. The summed E-state index contributed by atoms with van der Waals surface area (Å²) in [5.74, 6) is 1.39. The average molecular weight is 423 g/mol. The van der Waals surface area contributed by atoms with Gasteiger partial charge in [0.05, 0.1) is 24.4 Å². The number of nitrogens with zero attached hydrogens (tertiary/aromatic N) is 4. The van der Waals surface area contributed by atoms with Crippen LogP contribution in [-0.4, -0.2) is 52.4 Å². The molecule has 0 spiro atoms. The molecule has 0 aliphatic carbocycles. The van der Waals surface area contributed by atoms with Crippen LogP contribution in [0.15, 0.2) is 59.3 Å². The smallest absolute Gasteiger partial charge is 0.236 e. The van der Waals surface area contributed by atoms with E-state index in [1.54, 1.807) is 24.5 Å². The Balaban J connectivity index is 1.32. The lowest BCUT2D eigenvalue weighted by Gasteiger charge is -2.32. The molecule has 0 bridgehead atoms. The van der Waals surface area contributed by atoms with Gasteiger partial charge in [-0.15, -0.1) is 0 Å². The van der Waals surface area contributed by atoms with Gasteiger partial charge in [0.25, 0.3) is 0 Å². The Morgan fingerprint density at radius 3 is 2.84 bits per heavy atom. The molecule has 6 nitrogen and oxygen atoms in total. The second-order valence-corrected chi connectivity index (χ2v) is 8.14. The summed E-state index contributed by atoms with van der Waals surface area (Å²) in [6, 6.07) is 12.2. The quantitative estimate of drug-likeness (QED) is 0.582. The van der Waals surface area contributed by atoms with Crippen LogP contribution in [0, 0.1) is 5.82 Å². The zero-order chi connectivity index (χ0) is 21.6. The van der Waals surface area contributed by atoms with E-state index in [0.717, 1.165) is 36.4 Å². The first kappa shape index (κ1) is 21.2. The highest BCUT2D eigenvalue weighted by Crippen LogP contribution is 2.27. The Bertz CT molecular complexity index is 990. The minimum absolute atomic E-state index is 0.0979. The van der Waals surface area contributed by atoms with Crippen LogP contribution in [0.5, 0.6) is 0 Å². The van der Waals surface area contributed by atoms with E-state index < -0.39 is 0 Å². The van der Waals surface area contributed by atoms with Crippen molar-refractivity contribution in [3.8, 4) is 0 Å². The Morgan fingerprint density at radius 1 is 1.23 bits per heavy atom. The third-order valence-corrected chi connectivity index (χ3v) is 5.55. The largest absolute Gasteiger partial charge is 0.445 e. The van der Waals surface area contributed by atoms with Gasteiger partial charge in [-0.05, 0) is 49.7 Å². The van der Waals surface area contributed by atoms with Crippen molar-refractivity contribution in [1.29, 1.82) is 0 Å². The molecule has 1 aliphatic rings. The molecular weight excluding hydrogens is 395 g/mol. The highest BCUT2D eigenvalue weighted by molar-refractivity contribution is 5.78. The van der Waals surface area contributed by atoms with Crippen LogP contribution in [0.2, 0.25) is 0 Å². The van der Waals surface area contributed by atoms with Gasteiger partial charge in [-0.2, -0.15) is 0 Å². The molecule has 2 aromatic heterocycles. The fraction of sp³-hybridized carbons (Fsp3) is 0.375. The minimum atomic E-state index is -0.250. The molecule has 7 heteroatoms. The van der Waals surface area contributed by atoms with Gasteiger partial charge >= 0.3 is 0 Å². The van der Waals surface area contributed by atoms with Gasteiger partial charge in [-0.25, -0.2) is 9.37 Å². The number of benzene rings is 1. The SMILES string of the molecule is CN(CC(=O)N1CCCC(c2ncc(Cc3ccc(F)cc3)o2)C1)Cc1ccccn1. The summed E-state index contributed by atoms with van der Waals surface area (Å²) in [6.07, 6.45) is 5.95. The predicted molar refractivity (Wildman–Crippen MR) is 115 cm³/mol. The average Bonchev–Trinajstić information content (AvgIpc) is 3.24. The number of aromatic nitrogens is 2. The molecule has 1 saturated heterocycles. The molecule has 0 saturated carbocycles. The van der Waals surface area contributed by atoms with Crippen molar-refractivity contribution < 1.29 is 13.6 Å². The Labute approximate surface area is 181 Å². The molecule has 1 atom stereocenters. The zero-order valence-electron chi connectivity index (χ0n) is 17.7. The van der Waals surface area contributed by atoms with E-state index in [-0.39, 0.29) is 17.6 Å². The van der Waals surface area contributed by atoms with Crippen LogP contribution in [0.3, 0.4) is 0 Å². The number of carbonyl (C=O) groups is 1. The number of halogens is 1. The lowest BCUT2D eigenvalue weighted by molar-refractivity contribution is -0.133. The molecule has 1 fully saturated rings. The fourth-order valence-corrected chi connectivity index (χ4v) is 3.96. The third-order valence-electron chi connectivity index (χ3n) is 5.55. The second kappa shape index (κ2) is 9.83. The minimum Gasteiger partial charge on any atom is -0.445 e. The number of hydrogen-bond acceptors (Lipinski definition) is 5. The summed E-state index contributed by atoms with van der Waals surface area (Å²) in [6.45, 7) is 2.36. The molecule has 1 amide bonds. The first-order valence-electron chi connectivity index (χ1n) is 10.6. The maximum absolute atomic E-state index is 13.1. The van der Waals surface area contributed by atoms with Crippen molar-refractivity contribution in [2.75, 3.05) is 26.7 Å². The molecule has 31 heavy (non-hydrogen) atoms. The number of pyridine rings is 1. The van der Waals surface area contributed by atoms with E-state index in [1.165, 1.54) is 12.1 Å². The van der Waals surface area contributed by atoms with E-state index in [0.29, 0.717) is 31.9 Å². The summed E-state index contributed by atoms with van der Waals surface area (Å²) < 4.78 is 19.1. The van der Waals surface area contributed by atoms with Gasteiger partial charge in [0.1, 0.15) is 11.6 Å². The van der Waals surface area contributed by atoms with E-state index in [1.807, 2.05) is 35.0 Å². The standard InChI is InChI=1S/C24H27FN4O2/c1-28(16-21-6-2-3-11-26-21)17-23(30)29-12-4-5-19(15-29)24-27-14-22(31-24)13-18-7-9-20(25)10-8-18/h2-3,6-11,14,19H,4-5,12-13,15-17H2,1H3. The first-order chi connectivity index (χ1) is 15.1. The van der Waals surface area contributed by atoms with E-state index in [9.17, 15) is 9.18 Å². The number of oxazole rings is 1. The van der Waals surface area contributed by atoms with Gasteiger partial charge in [-0.1, -0.05) is 18.2 Å². The van der Waals surface area contributed by atoms with Gasteiger partial charge in [0.15, 0.2) is 5.89 Å². The van der Waals surface area contributed by atoms with Crippen LogP contribution in [0.1, 0.15) is 41.7 Å². The van der Waals surface area contributed by atoms with Gasteiger partial charge < -0.3 is 9.32 Å². The van der Waals surface area contributed by atoms with E-state index in [4.69, 9.17) is 4.42 Å². The van der Waals surface area contributed by atoms with Crippen LogP contribution in [-0.2, 0) is 17.8 Å². The highest BCUT2D eigenvalue weighted by Gasteiger charge is 2.28. The van der Waals surface area contributed by atoms with Crippen molar-refractivity contribution in [3.63, 3.8) is 0 Å². The number of hydrogen-bond donors (Lipinski definition) is 0. The van der Waals surface area contributed by atoms with Crippen molar-refractivity contribution in [1.82, 2.24) is 19.8 Å². The summed E-state index contributed by atoms with van der Waals surface area (Å²) in [5, 5.41) is 0. The van der Waals surface area contributed by atoms with Crippen LogP contribution in [0.25, 0.3) is 0 Å². The van der Waals surface area contributed by atoms with Crippen molar-refractivity contribution in [2.24, 2.45) is 0 Å². The Hall–Kier alpha value is -3.06. The number of amides is 1. The summed E-state index contributed by atoms with van der Waals surface area (Å²) in [4.78, 5) is 25.5. The number of piperidine rings is 1. The van der Waals surface area contributed by atoms with E-state index in [2.05, 4.69) is 9.97 Å². The Morgan fingerprint density at radius 2 is 2.06 bits per heavy atom. The number of carbonyl (C=O) groups excluding carboxylic acids is 1. The summed E-state index contributed by atoms with van der Waals surface area (Å²) in [5.41, 5.74) is 1.92. The van der Waals surface area contributed by atoms with Crippen molar-refractivity contribution in [2.45, 2.75) is 31.7 Å². The fourth-order valence-electron chi connectivity index (χ4n) is 3.96. The summed E-state index contributed by atoms with van der Waals surface area (Å²) >= 11 is 0. The normalized spacial score (nSPS) is 16.6. The zero-order valence-corrected chi connectivity index (χ0v) is 17.7. The molecule has 4 rings (SSSR count). The molecule has 0 N–H and O–H groups in total. The maximum Gasteiger partial charge on any atom is 0.236 e. The molecule has 1 aromatic carbocycles. The van der Waals surface area contributed by atoms with Gasteiger partial charge in [-0.3, -0.25) is 14.7 Å². The highest BCUT2D eigenvalue weighted by atomic mass is 19.1. The number of likely N-dealkylation sites (N-methyl/N-ethyl adjacent to an activating group) is 1. The van der Waals surface area contributed by atoms with Crippen molar-refractivity contribution in [3.05, 3.63) is 83.6 Å². The molecule has 3 aromatic rings. The molecular formula is C24H27FN4O2. The second-order valence-electron chi connectivity index (χ2n) is 8.14. The first-order valence-corrected chi connectivity index (χ1v) is 10.6. The monoisotopic (exact) mass is 422 g/mol. The van der Waals surface area contributed by atoms with Crippen LogP contribution in [0.4, 0.5) is 4.39 Å². The third kappa shape index (κ3) is 5.76. The van der Waals surface area contributed by atoms with Crippen LogP contribution >= 0.6 is 0 Å². The maximum atomic E-state index is 13.1. The Kier molecular flexibility index (Phi) is 6.72. The molecule has 3 heterocycles. The number of likely N-dealkylation sites (tertiary alicyclic amines) is 1. The van der Waals surface area contributed by atoms with Crippen molar-refractivity contribution >= 4 is 5.91 Å². The molecule has 0 radical (unpaired) electrons. The van der Waals surface area contributed by atoms with Gasteiger partial charge in [0.2, 0.25) is 5.91 Å². The summed E-state index contributed by atoms with van der Waals surface area (Å²) in [7, 11) is 1.93. The molecule has 162 valence electrons. The van der Waals surface area contributed by atoms with E-state index >= 15 is 0 Å². The molecule has 1 unspecified atom stereocenters. The lowest BCUT2D eigenvalue weighted by atomic mass is 9.98. The lowest BCUT2D eigenvalue weighted by Crippen LogP contribution is -2.43. The number of rotatable bonds is 7. The topological polar surface area (TPSA) is 62.5 Å². The molecule has 1 aliphatic heterocycles. The van der Waals surface area contributed by atoms with Crippen LogP contribution < -0.4 is 0 Å². The van der Waals surface area contributed by atoms with Gasteiger partial charge in [0, 0.05) is 32.3 Å².